The predicted octanol–water partition coefficient (Wildman–Crippen LogP) is 1.53. The molecule has 1 aliphatic heterocycles. The predicted molar refractivity (Wildman–Crippen MR) is 110 cm³/mol. The van der Waals surface area contributed by atoms with Gasteiger partial charge < -0.3 is 20.4 Å². The number of anilines is 1. The third-order valence-corrected chi connectivity index (χ3v) is 4.58. The first-order valence-electron chi connectivity index (χ1n) is 8.57. The Morgan fingerprint density at radius 3 is 2.54 bits per heavy atom. The Bertz CT molecular complexity index is 520. The van der Waals surface area contributed by atoms with Gasteiger partial charge in [-0.1, -0.05) is 6.07 Å². The fourth-order valence-electron chi connectivity index (χ4n) is 2.71. The van der Waals surface area contributed by atoms with Crippen molar-refractivity contribution in [1.82, 2.24) is 20.5 Å². The van der Waals surface area contributed by atoms with E-state index in [-0.39, 0.29) is 24.0 Å². The number of nitrogens with zero attached hydrogens (tertiary/aromatic N) is 4. The van der Waals surface area contributed by atoms with E-state index in [2.05, 4.69) is 49.6 Å². The molecule has 2 aliphatic rings. The number of aliphatic imine (C=N–C) groups is 1. The molecule has 1 aliphatic carbocycles. The van der Waals surface area contributed by atoms with Gasteiger partial charge in [-0.15, -0.1) is 24.0 Å². The third kappa shape index (κ3) is 5.77. The highest BCUT2D eigenvalue weighted by Crippen LogP contribution is 2.27. The first-order valence-corrected chi connectivity index (χ1v) is 8.57. The molecule has 134 valence electrons. The Balaban J connectivity index is 0.00000208. The summed E-state index contributed by atoms with van der Waals surface area (Å²) in [5.74, 6) is 2.80. The summed E-state index contributed by atoms with van der Waals surface area (Å²) < 4.78 is 0. The molecule has 1 saturated heterocycles. The lowest BCUT2D eigenvalue weighted by molar-refractivity contribution is 0.312. The van der Waals surface area contributed by atoms with Crippen LogP contribution in [0.25, 0.3) is 0 Å². The maximum absolute atomic E-state index is 4.62. The minimum Gasteiger partial charge on any atom is -0.356 e. The first kappa shape index (κ1) is 19.2. The normalized spacial score (nSPS) is 18.9. The van der Waals surface area contributed by atoms with Crippen LogP contribution in [-0.4, -0.2) is 62.7 Å². The first-order chi connectivity index (χ1) is 11.2. The lowest BCUT2D eigenvalue weighted by Gasteiger charge is -2.33. The van der Waals surface area contributed by atoms with Crippen LogP contribution in [0.3, 0.4) is 0 Å². The van der Waals surface area contributed by atoms with Crippen LogP contribution in [0.1, 0.15) is 18.4 Å². The monoisotopic (exact) mass is 444 g/mol. The number of guanidine groups is 1. The summed E-state index contributed by atoms with van der Waals surface area (Å²) in [6.45, 7) is 6.10. The van der Waals surface area contributed by atoms with Crippen LogP contribution in [0.4, 0.5) is 5.82 Å². The Kier molecular flexibility index (Phi) is 7.54. The highest BCUT2D eigenvalue weighted by atomic mass is 127. The number of pyridine rings is 1. The van der Waals surface area contributed by atoms with Crippen molar-refractivity contribution in [2.45, 2.75) is 19.4 Å². The van der Waals surface area contributed by atoms with E-state index in [4.69, 9.17) is 0 Å². The average molecular weight is 444 g/mol. The van der Waals surface area contributed by atoms with Gasteiger partial charge in [0.2, 0.25) is 0 Å². The fraction of sp³-hybridized carbons (Fsp3) is 0.647. The highest BCUT2D eigenvalue weighted by molar-refractivity contribution is 14.0. The Labute approximate surface area is 162 Å². The fourth-order valence-corrected chi connectivity index (χ4v) is 2.71. The minimum atomic E-state index is 0. The van der Waals surface area contributed by atoms with Gasteiger partial charge in [-0.25, -0.2) is 4.98 Å². The van der Waals surface area contributed by atoms with Crippen LogP contribution in [0.15, 0.2) is 23.3 Å². The Morgan fingerprint density at radius 1 is 1.21 bits per heavy atom. The van der Waals surface area contributed by atoms with E-state index in [1.165, 1.54) is 18.4 Å². The lowest BCUT2D eigenvalue weighted by atomic mass is 10.2. The average Bonchev–Trinajstić information content (AvgIpc) is 3.41. The standard InChI is InChI=1S/C17H28N6.HI/c1-18-17(20-11-14-3-4-14)21-13-15-5-6-16(19-12-15)23-9-7-22(2)8-10-23;/h5-6,12,14H,3-4,7-11,13H2,1-2H3,(H2,18,20,21);1H. The summed E-state index contributed by atoms with van der Waals surface area (Å²) in [6.07, 6.45) is 4.66. The minimum absolute atomic E-state index is 0. The summed E-state index contributed by atoms with van der Waals surface area (Å²) in [7, 11) is 3.99. The molecule has 6 nitrogen and oxygen atoms in total. The Hall–Kier alpha value is -1.09. The molecule has 24 heavy (non-hydrogen) atoms. The van der Waals surface area contributed by atoms with E-state index in [1.54, 1.807) is 0 Å². The number of hydrogen-bond donors (Lipinski definition) is 2. The van der Waals surface area contributed by atoms with Gasteiger partial charge in [0.15, 0.2) is 5.96 Å². The summed E-state index contributed by atoms with van der Waals surface area (Å²) in [5.41, 5.74) is 1.18. The summed E-state index contributed by atoms with van der Waals surface area (Å²) >= 11 is 0. The molecule has 0 bridgehead atoms. The second kappa shape index (κ2) is 9.41. The van der Waals surface area contributed by atoms with Gasteiger partial charge in [0.25, 0.3) is 0 Å². The summed E-state index contributed by atoms with van der Waals surface area (Å²) in [6, 6.07) is 4.28. The largest absolute Gasteiger partial charge is 0.356 e. The molecule has 1 aromatic rings. The lowest BCUT2D eigenvalue weighted by Crippen LogP contribution is -2.44. The van der Waals surface area contributed by atoms with Gasteiger partial charge in [0, 0.05) is 52.5 Å². The van der Waals surface area contributed by atoms with E-state index < -0.39 is 0 Å². The summed E-state index contributed by atoms with van der Waals surface area (Å²) in [5, 5.41) is 6.73. The third-order valence-electron chi connectivity index (χ3n) is 4.58. The highest BCUT2D eigenvalue weighted by Gasteiger charge is 2.21. The van der Waals surface area contributed by atoms with Gasteiger partial charge in [-0.2, -0.15) is 0 Å². The van der Waals surface area contributed by atoms with E-state index in [0.717, 1.165) is 57.0 Å². The number of piperazine rings is 1. The van der Waals surface area contributed by atoms with Gasteiger partial charge in [-0.3, -0.25) is 4.99 Å². The number of halogens is 1. The summed E-state index contributed by atoms with van der Waals surface area (Å²) in [4.78, 5) is 13.6. The van der Waals surface area contributed by atoms with Crippen molar-refractivity contribution in [3.63, 3.8) is 0 Å². The zero-order valence-electron chi connectivity index (χ0n) is 14.7. The smallest absolute Gasteiger partial charge is 0.191 e. The number of hydrogen-bond acceptors (Lipinski definition) is 4. The second-order valence-electron chi connectivity index (χ2n) is 6.57. The van der Waals surface area contributed by atoms with Gasteiger partial charge >= 0.3 is 0 Å². The molecule has 2 fully saturated rings. The molecule has 0 unspecified atom stereocenters. The Morgan fingerprint density at radius 2 is 1.96 bits per heavy atom. The maximum Gasteiger partial charge on any atom is 0.191 e. The van der Waals surface area contributed by atoms with Crippen molar-refractivity contribution in [3.05, 3.63) is 23.9 Å². The van der Waals surface area contributed by atoms with Crippen molar-refractivity contribution < 1.29 is 0 Å². The van der Waals surface area contributed by atoms with E-state index >= 15 is 0 Å². The molecular weight excluding hydrogens is 415 g/mol. The van der Waals surface area contributed by atoms with Crippen LogP contribution < -0.4 is 15.5 Å². The molecule has 1 saturated carbocycles. The van der Waals surface area contributed by atoms with Crippen molar-refractivity contribution >= 4 is 35.8 Å². The zero-order chi connectivity index (χ0) is 16.1. The van der Waals surface area contributed by atoms with Crippen LogP contribution in [-0.2, 0) is 6.54 Å². The molecule has 0 aromatic carbocycles. The molecular formula is C17H29IN6. The SMILES string of the molecule is CN=C(NCc1ccc(N2CCN(C)CC2)nc1)NCC1CC1.I. The molecule has 1 aromatic heterocycles. The van der Waals surface area contributed by atoms with Crippen molar-refractivity contribution in [2.24, 2.45) is 10.9 Å². The van der Waals surface area contributed by atoms with Crippen molar-refractivity contribution in [3.8, 4) is 0 Å². The molecule has 2 heterocycles. The molecule has 2 N–H and O–H groups in total. The second-order valence-corrected chi connectivity index (χ2v) is 6.57. The molecule has 0 atom stereocenters. The molecule has 0 spiro atoms. The van der Waals surface area contributed by atoms with Gasteiger partial charge in [0.05, 0.1) is 0 Å². The number of aromatic nitrogens is 1. The number of nitrogens with one attached hydrogen (secondary N) is 2. The van der Waals surface area contributed by atoms with Crippen molar-refractivity contribution in [2.75, 3.05) is 51.7 Å². The van der Waals surface area contributed by atoms with Gasteiger partial charge in [-0.05, 0) is 37.4 Å². The zero-order valence-corrected chi connectivity index (χ0v) is 17.0. The topological polar surface area (TPSA) is 55.8 Å². The van der Waals surface area contributed by atoms with Crippen LogP contribution in [0.2, 0.25) is 0 Å². The van der Waals surface area contributed by atoms with Crippen LogP contribution >= 0.6 is 24.0 Å². The van der Waals surface area contributed by atoms with E-state index in [0.29, 0.717) is 0 Å². The molecule has 0 radical (unpaired) electrons. The molecule has 3 rings (SSSR count). The van der Waals surface area contributed by atoms with Crippen molar-refractivity contribution in [1.29, 1.82) is 0 Å². The number of likely N-dealkylation sites (N-methyl/N-ethyl adjacent to an activating group) is 1. The maximum atomic E-state index is 4.62. The number of rotatable bonds is 5. The van der Waals surface area contributed by atoms with Crippen LogP contribution in [0.5, 0.6) is 0 Å². The van der Waals surface area contributed by atoms with Crippen LogP contribution in [0, 0.1) is 5.92 Å². The van der Waals surface area contributed by atoms with E-state index in [9.17, 15) is 0 Å². The van der Waals surface area contributed by atoms with Gasteiger partial charge in [0.1, 0.15) is 5.82 Å². The molecule has 0 amide bonds. The molecule has 7 heteroatoms. The quantitative estimate of drug-likeness (QED) is 0.410. The van der Waals surface area contributed by atoms with E-state index in [1.807, 2.05) is 13.2 Å².